The maximum atomic E-state index is 12.0. The fraction of sp³-hybridized carbons (Fsp3) is 0.533. The van der Waals surface area contributed by atoms with Crippen molar-refractivity contribution in [2.24, 2.45) is 11.7 Å². The highest BCUT2D eigenvalue weighted by molar-refractivity contribution is 5.88. The monoisotopic (exact) mass is 262 g/mol. The highest BCUT2D eigenvalue weighted by Crippen LogP contribution is 2.36. The number of primary amides is 1. The molecule has 1 aromatic rings. The second-order valence-electron chi connectivity index (χ2n) is 5.34. The van der Waals surface area contributed by atoms with Crippen molar-refractivity contribution < 1.29 is 9.53 Å². The lowest BCUT2D eigenvalue weighted by Crippen LogP contribution is -2.56. The van der Waals surface area contributed by atoms with Gasteiger partial charge in [0.15, 0.2) is 0 Å². The summed E-state index contributed by atoms with van der Waals surface area (Å²) in [7, 11) is 1.63. The molecule has 2 unspecified atom stereocenters. The predicted octanol–water partition coefficient (Wildman–Crippen LogP) is 2.54. The number of carbonyl (C=O) groups excluding carboxylic acids is 1. The van der Waals surface area contributed by atoms with Crippen LogP contribution in [0.1, 0.15) is 32.6 Å². The van der Waals surface area contributed by atoms with Gasteiger partial charge in [-0.25, -0.2) is 0 Å². The number of nitrogens with one attached hydrogen (secondary N) is 1. The fourth-order valence-electron chi connectivity index (χ4n) is 2.92. The lowest BCUT2D eigenvalue weighted by Gasteiger charge is -2.41. The molecule has 0 spiro atoms. The highest BCUT2D eigenvalue weighted by atomic mass is 16.5. The summed E-state index contributed by atoms with van der Waals surface area (Å²) in [6, 6.07) is 7.62. The molecule has 1 saturated carbocycles. The van der Waals surface area contributed by atoms with E-state index in [0.717, 1.165) is 37.1 Å². The highest BCUT2D eigenvalue weighted by Gasteiger charge is 2.43. The Kier molecular flexibility index (Phi) is 3.98. The van der Waals surface area contributed by atoms with Gasteiger partial charge in [-0.3, -0.25) is 4.79 Å². The second kappa shape index (κ2) is 5.51. The number of hydrogen-bond acceptors (Lipinski definition) is 3. The molecule has 1 aliphatic carbocycles. The Hall–Kier alpha value is -1.71. The fourth-order valence-corrected chi connectivity index (χ4v) is 2.92. The number of benzene rings is 1. The van der Waals surface area contributed by atoms with Crippen LogP contribution in [0.25, 0.3) is 0 Å². The SMILES string of the molecule is COc1cccc(NC2(C(N)=O)CCCCC2C)c1. The van der Waals surface area contributed by atoms with E-state index >= 15 is 0 Å². The molecule has 2 rings (SSSR count). The number of hydrogen-bond donors (Lipinski definition) is 2. The molecule has 0 heterocycles. The number of amides is 1. The summed E-state index contributed by atoms with van der Waals surface area (Å²) in [5, 5.41) is 3.36. The van der Waals surface area contributed by atoms with E-state index in [1.54, 1.807) is 7.11 Å². The van der Waals surface area contributed by atoms with Gasteiger partial charge in [-0.15, -0.1) is 0 Å². The minimum absolute atomic E-state index is 0.241. The molecule has 0 aliphatic heterocycles. The normalized spacial score (nSPS) is 26.7. The molecular weight excluding hydrogens is 240 g/mol. The zero-order chi connectivity index (χ0) is 13.9. The first kappa shape index (κ1) is 13.7. The summed E-state index contributed by atoms with van der Waals surface area (Å²) in [5.41, 5.74) is 5.93. The maximum absolute atomic E-state index is 12.0. The quantitative estimate of drug-likeness (QED) is 0.876. The Morgan fingerprint density at radius 1 is 1.47 bits per heavy atom. The van der Waals surface area contributed by atoms with E-state index in [1.165, 1.54) is 0 Å². The van der Waals surface area contributed by atoms with Gasteiger partial charge in [0.2, 0.25) is 5.91 Å². The molecule has 0 saturated heterocycles. The van der Waals surface area contributed by atoms with Gasteiger partial charge in [0.05, 0.1) is 7.11 Å². The first-order chi connectivity index (χ1) is 9.08. The first-order valence-corrected chi connectivity index (χ1v) is 6.80. The van der Waals surface area contributed by atoms with Crippen LogP contribution in [0.3, 0.4) is 0 Å². The Balaban J connectivity index is 2.27. The summed E-state index contributed by atoms with van der Waals surface area (Å²) in [4.78, 5) is 12.0. The molecular formula is C15H22N2O2. The summed E-state index contributed by atoms with van der Waals surface area (Å²) in [6.07, 6.45) is 4.01. The molecule has 3 N–H and O–H groups in total. The number of nitrogens with two attached hydrogens (primary N) is 1. The van der Waals surface area contributed by atoms with Crippen molar-refractivity contribution in [1.82, 2.24) is 0 Å². The third-order valence-electron chi connectivity index (χ3n) is 4.18. The van der Waals surface area contributed by atoms with Gasteiger partial charge in [-0.05, 0) is 30.9 Å². The third-order valence-corrected chi connectivity index (χ3v) is 4.18. The van der Waals surface area contributed by atoms with Gasteiger partial charge in [0, 0.05) is 11.8 Å². The molecule has 1 fully saturated rings. The average molecular weight is 262 g/mol. The molecule has 4 nitrogen and oxygen atoms in total. The van der Waals surface area contributed by atoms with E-state index in [-0.39, 0.29) is 11.8 Å². The molecule has 2 atom stereocenters. The van der Waals surface area contributed by atoms with Crippen LogP contribution in [0.2, 0.25) is 0 Å². The van der Waals surface area contributed by atoms with E-state index in [0.29, 0.717) is 0 Å². The van der Waals surface area contributed by atoms with Crippen LogP contribution in [0.5, 0.6) is 5.75 Å². The minimum atomic E-state index is -0.634. The lowest BCUT2D eigenvalue weighted by atomic mass is 9.73. The van der Waals surface area contributed by atoms with Crippen molar-refractivity contribution in [2.45, 2.75) is 38.1 Å². The molecule has 104 valence electrons. The van der Waals surface area contributed by atoms with Crippen molar-refractivity contribution in [3.05, 3.63) is 24.3 Å². The zero-order valence-electron chi connectivity index (χ0n) is 11.6. The minimum Gasteiger partial charge on any atom is -0.497 e. The Morgan fingerprint density at radius 3 is 2.89 bits per heavy atom. The molecule has 0 aromatic heterocycles. The Bertz CT molecular complexity index is 461. The maximum Gasteiger partial charge on any atom is 0.243 e. The first-order valence-electron chi connectivity index (χ1n) is 6.80. The van der Waals surface area contributed by atoms with Crippen molar-refractivity contribution in [3.8, 4) is 5.75 Å². The van der Waals surface area contributed by atoms with Crippen LogP contribution in [0.4, 0.5) is 5.69 Å². The number of rotatable bonds is 4. The molecule has 0 radical (unpaired) electrons. The largest absolute Gasteiger partial charge is 0.497 e. The third kappa shape index (κ3) is 2.67. The summed E-state index contributed by atoms with van der Waals surface area (Å²) < 4.78 is 5.21. The molecule has 1 amide bonds. The van der Waals surface area contributed by atoms with E-state index in [2.05, 4.69) is 12.2 Å². The average Bonchev–Trinajstić information content (AvgIpc) is 2.41. The number of methoxy groups -OCH3 is 1. The topological polar surface area (TPSA) is 64.3 Å². The van der Waals surface area contributed by atoms with Crippen molar-refractivity contribution in [3.63, 3.8) is 0 Å². The van der Waals surface area contributed by atoms with Gasteiger partial charge >= 0.3 is 0 Å². The van der Waals surface area contributed by atoms with Gasteiger partial charge in [0.25, 0.3) is 0 Å². The molecule has 1 aromatic carbocycles. The number of anilines is 1. The predicted molar refractivity (Wildman–Crippen MR) is 76.2 cm³/mol. The van der Waals surface area contributed by atoms with Gasteiger partial charge < -0.3 is 15.8 Å². The Labute approximate surface area is 114 Å². The second-order valence-corrected chi connectivity index (χ2v) is 5.34. The van der Waals surface area contributed by atoms with E-state index in [1.807, 2.05) is 24.3 Å². The summed E-state index contributed by atoms with van der Waals surface area (Å²) in [6.45, 7) is 2.09. The van der Waals surface area contributed by atoms with Crippen LogP contribution >= 0.6 is 0 Å². The van der Waals surface area contributed by atoms with Crippen LogP contribution < -0.4 is 15.8 Å². The van der Waals surface area contributed by atoms with Gasteiger partial charge in [-0.2, -0.15) is 0 Å². The zero-order valence-corrected chi connectivity index (χ0v) is 11.6. The molecule has 19 heavy (non-hydrogen) atoms. The van der Waals surface area contributed by atoms with Crippen molar-refractivity contribution in [1.29, 1.82) is 0 Å². The molecule has 0 bridgehead atoms. The smallest absolute Gasteiger partial charge is 0.243 e. The van der Waals surface area contributed by atoms with Gasteiger partial charge in [0.1, 0.15) is 11.3 Å². The van der Waals surface area contributed by atoms with E-state index < -0.39 is 5.54 Å². The van der Waals surface area contributed by atoms with Crippen LogP contribution in [0, 0.1) is 5.92 Å². The molecule has 1 aliphatic rings. The lowest BCUT2D eigenvalue weighted by molar-refractivity contribution is -0.124. The van der Waals surface area contributed by atoms with Crippen molar-refractivity contribution in [2.75, 3.05) is 12.4 Å². The summed E-state index contributed by atoms with van der Waals surface area (Å²) in [5.74, 6) is 0.751. The van der Waals surface area contributed by atoms with Crippen LogP contribution in [-0.2, 0) is 4.79 Å². The standard InChI is InChI=1S/C15H22N2O2/c1-11-6-3-4-9-15(11,14(16)18)17-12-7-5-8-13(10-12)19-2/h5,7-8,10-11,17H,3-4,6,9H2,1-2H3,(H2,16,18). The van der Waals surface area contributed by atoms with E-state index in [9.17, 15) is 4.79 Å². The van der Waals surface area contributed by atoms with Gasteiger partial charge in [-0.1, -0.05) is 25.8 Å². The molecule has 4 heteroatoms. The Morgan fingerprint density at radius 2 is 2.26 bits per heavy atom. The van der Waals surface area contributed by atoms with Crippen LogP contribution in [0.15, 0.2) is 24.3 Å². The van der Waals surface area contributed by atoms with Crippen LogP contribution in [-0.4, -0.2) is 18.6 Å². The van der Waals surface area contributed by atoms with Crippen molar-refractivity contribution >= 4 is 11.6 Å². The number of carbonyl (C=O) groups is 1. The summed E-state index contributed by atoms with van der Waals surface area (Å²) >= 11 is 0. The number of ether oxygens (including phenoxy) is 1. The van der Waals surface area contributed by atoms with E-state index in [4.69, 9.17) is 10.5 Å².